The van der Waals surface area contributed by atoms with Gasteiger partial charge in [-0.3, -0.25) is 9.59 Å². The maximum Gasteiger partial charge on any atom is 0.197 e. The lowest BCUT2D eigenvalue weighted by Gasteiger charge is -2.18. The van der Waals surface area contributed by atoms with E-state index in [9.17, 15) is 9.59 Å². The van der Waals surface area contributed by atoms with Crippen LogP contribution in [0.1, 0.15) is 89.6 Å². The van der Waals surface area contributed by atoms with Crippen LogP contribution in [-0.4, -0.2) is 21.1 Å². The molecule has 5 rings (SSSR count). The van der Waals surface area contributed by atoms with E-state index in [0.29, 0.717) is 29.5 Å². The predicted octanol–water partition coefficient (Wildman–Crippen LogP) is 7.80. The van der Waals surface area contributed by atoms with Gasteiger partial charge >= 0.3 is 0 Å². The van der Waals surface area contributed by atoms with Gasteiger partial charge in [-0.05, 0) is 55.0 Å². The van der Waals surface area contributed by atoms with Crippen LogP contribution in [0.15, 0.2) is 48.0 Å². The van der Waals surface area contributed by atoms with Crippen molar-refractivity contribution in [1.29, 1.82) is 0 Å². The third kappa shape index (κ3) is 3.79. The number of aromatic nitrogens is 2. The van der Waals surface area contributed by atoms with E-state index in [1.165, 1.54) is 16.7 Å². The van der Waals surface area contributed by atoms with E-state index in [1.807, 2.05) is 13.0 Å². The molecule has 4 nitrogen and oxygen atoms in total. The molecule has 0 saturated heterocycles. The van der Waals surface area contributed by atoms with E-state index >= 15 is 0 Å². The summed E-state index contributed by atoms with van der Waals surface area (Å²) in [7, 11) is 0. The van der Waals surface area contributed by atoms with E-state index in [-0.39, 0.29) is 17.1 Å². The molecule has 0 unspecified atom stereocenters. The molecular formula is C30H30N2O2S. The van der Waals surface area contributed by atoms with Crippen molar-refractivity contribution in [3.8, 4) is 10.6 Å². The maximum atomic E-state index is 13.0. The second kappa shape index (κ2) is 8.72. The number of nitrogens with zero attached hydrogens (tertiary/aromatic N) is 2. The number of carbonyl (C=O) groups is 2. The van der Waals surface area contributed by atoms with Crippen LogP contribution in [0, 0.1) is 6.92 Å². The van der Waals surface area contributed by atoms with Gasteiger partial charge in [0.1, 0.15) is 5.01 Å². The van der Waals surface area contributed by atoms with Gasteiger partial charge in [0.2, 0.25) is 0 Å². The zero-order valence-corrected chi connectivity index (χ0v) is 21.9. The molecule has 0 fully saturated rings. The first-order valence-electron chi connectivity index (χ1n) is 12.3. The van der Waals surface area contributed by atoms with Crippen LogP contribution in [0.5, 0.6) is 0 Å². The molecule has 0 aliphatic heterocycles. The van der Waals surface area contributed by atoms with Gasteiger partial charge in [0, 0.05) is 28.9 Å². The van der Waals surface area contributed by atoms with Crippen LogP contribution < -0.4 is 0 Å². The van der Waals surface area contributed by atoms with Gasteiger partial charge in [-0.25, -0.2) is 4.98 Å². The Hall–Kier alpha value is -3.31. The SMILES string of the molecule is CCn1c(/C=C2/C(=O)c3ccc(C)cc3C2=O)cc2sc(-c3c(C(C)C)cccc3C(C)C)nc21. The third-order valence-electron chi connectivity index (χ3n) is 6.83. The van der Waals surface area contributed by atoms with Crippen molar-refractivity contribution in [3.05, 3.63) is 81.5 Å². The Balaban J connectivity index is 1.63. The van der Waals surface area contributed by atoms with Crippen LogP contribution in [0.25, 0.3) is 27.0 Å². The van der Waals surface area contributed by atoms with Gasteiger partial charge in [0.25, 0.3) is 0 Å². The Morgan fingerprint density at radius 2 is 1.60 bits per heavy atom. The lowest BCUT2D eigenvalue weighted by Crippen LogP contribution is -2.03. The van der Waals surface area contributed by atoms with Crippen molar-refractivity contribution in [3.63, 3.8) is 0 Å². The molecule has 178 valence electrons. The van der Waals surface area contributed by atoms with Crippen LogP contribution in [0.4, 0.5) is 0 Å². The fourth-order valence-electron chi connectivity index (χ4n) is 5.02. The summed E-state index contributed by atoms with van der Waals surface area (Å²) in [5.41, 5.74) is 7.82. The summed E-state index contributed by atoms with van der Waals surface area (Å²) in [4.78, 5) is 31.2. The second-order valence-electron chi connectivity index (χ2n) is 9.91. The van der Waals surface area contributed by atoms with E-state index in [1.54, 1.807) is 29.5 Å². The molecule has 0 N–H and O–H groups in total. The van der Waals surface area contributed by atoms with Crippen molar-refractivity contribution in [1.82, 2.24) is 9.55 Å². The lowest BCUT2D eigenvalue weighted by molar-refractivity contribution is 0.0990. The number of allylic oxidation sites excluding steroid dienone is 1. The Kier molecular flexibility index (Phi) is 5.84. The second-order valence-corrected chi connectivity index (χ2v) is 10.9. The van der Waals surface area contributed by atoms with Gasteiger partial charge in [-0.15, -0.1) is 11.3 Å². The molecular weight excluding hydrogens is 452 g/mol. The number of hydrogen-bond donors (Lipinski definition) is 0. The van der Waals surface area contributed by atoms with E-state index in [4.69, 9.17) is 4.98 Å². The zero-order chi connectivity index (χ0) is 25.0. The van der Waals surface area contributed by atoms with Crippen LogP contribution in [0.3, 0.4) is 0 Å². The summed E-state index contributed by atoms with van der Waals surface area (Å²) in [6, 6.07) is 14.1. The Morgan fingerprint density at radius 1 is 0.943 bits per heavy atom. The largest absolute Gasteiger partial charge is 0.325 e. The minimum Gasteiger partial charge on any atom is -0.325 e. The van der Waals surface area contributed by atoms with Gasteiger partial charge in [-0.1, -0.05) is 63.6 Å². The molecule has 0 atom stereocenters. The molecule has 2 heterocycles. The van der Waals surface area contributed by atoms with Crippen LogP contribution in [-0.2, 0) is 6.54 Å². The van der Waals surface area contributed by atoms with E-state index in [0.717, 1.165) is 26.6 Å². The summed E-state index contributed by atoms with van der Waals surface area (Å²) in [6.07, 6.45) is 1.75. The molecule has 0 amide bonds. The molecule has 0 saturated carbocycles. The quantitative estimate of drug-likeness (QED) is 0.215. The maximum absolute atomic E-state index is 13.0. The smallest absolute Gasteiger partial charge is 0.197 e. The first kappa shape index (κ1) is 23.4. The highest BCUT2D eigenvalue weighted by Crippen LogP contribution is 2.41. The Morgan fingerprint density at radius 3 is 2.23 bits per heavy atom. The fraction of sp³-hybridized carbons (Fsp3) is 0.300. The molecule has 35 heavy (non-hydrogen) atoms. The van der Waals surface area contributed by atoms with E-state index in [2.05, 4.69) is 63.5 Å². The molecule has 0 radical (unpaired) electrons. The molecule has 1 aliphatic carbocycles. The minimum atomic E-state index is -0.196. The summed E-state index contributed by atoms with van der Waals surface area (Å²) < 4.78 is 3.16. The number of fused-ring (bicyclic) bond motifs is 2. The normalized spacial score (nSPS) is 14.8. The number of rotatable bonds is 5. The van der Waals surface area contributed by atoms with Crippen molar-refractivity contribution in [2.75, 3.05) is 0 Å². The number of Topliss-reactive ketones (excluding diaryl/α,β-unsaturated/α-hetero) is 2. The third-order valence-corrected chi connectivity index (χ3v) is 7.84. The minimum absolute atomic E-state index is 0.193. The molecule has 4 aromatic rings. The Bertz CT molecular complexity index is 1510. The first-order valence-corrected chi connectivity index (χ1v) is 13.1. The topological polar surface area (TPSA) is 52.0 Å². The lowest BCUT2D eigenvalue weighted by atomic mass is 9.89. The monoisotopic (exact) mass is 482 g/mol. The van der Waals surface area contributed by atoms with Gasteiger partial charge in [0.05, 0.1) is 10.3 Å². The molecule has 2 aromatic heterocycles. The number of benzene rings is 2. The highest BCUT2D eigenvalue weighted by Gasteiger charge is 2.33. The van der Waals surface area contributed by atoms with Gasteiger partial charge in [-0.2, -0.15) is 0 Å². The molecule has 5 heteroatoms. The summed E-state index contributed by atoms with van der Waals surface area (Å²) in [6.45, 7) is 13.6. The molecule has 0 spiro atoms. The standard InChI is InChI=1S/C30H30N2O2S/c1-7-32-19(14-24-27(33)22-12-11-18(6)13-23(22)28(24)34)15-25-29(32)31-30(35-25)26-20(16(2)3)9-8-10-21(26)17(4)5/h8-17H,7H2,1-6H3/b24-14-. The zero-order valence-electron chi connectivity index (χ0n) is 21.1. The number of carbonyl (C=O) groups excluding carboxylic acids is 2. The van der Waals surface area contributed by atoms with Crippen LogP contribution >= 0.6 is 11.3 Å². The van der Waals surface area contributed by atoms with Crippen molar-refractivity contribution >= 4 is 39.3 Å². The molecule has 0 bridgehead atoms. The summed E-state index contributed by atoms with van der Waals surface area (Å²) in [5, 5.41) is 1.03. The van der Waals surface area contributed by atoms with Gasteiger partial charge < -0.3 is 4.57 Å². The summed E-state index contributed by atoms with van der Waals surface area (Å²) in [5.74, 6) is 0.399. The number of thiazole rings is 1. The number of hydrogen-bond acceptors (Lipinski definition) is 4. The van der Waals surface area contributed by atoms with Crippen molar-refractivity contribution in [2.45, 2.75) is 59.9 Å². The molecule has 2 aromatic carbocycles. The highest BCUT2D eigenvalue weighted by molar-refractivity contribution is 7.21. The predicted molar refractivity (Wildman–Crippen MR) is 145 cm³/mol. The summed E-state index contributed by atoms with van der Waals surface area (Å²) >= 11 is 1.68. The number of aryl methyl sites for hydroxylation is 2. The Labute approximate surface area is 210 Å². The average Bonchev–Trinajstić information content (AvgIpc) is 3.44. The number of ketones is 2. The van der Waals surface area contributed by atoms with Crippen LogP contribution in [0.2, 0.25) is 0 Å². The van der Waals surface area contributed by atoms with E-state index < -0.39 is 0 Å². The van der Waals surface area contributed by atoms with Gasteiger partial charge in [0.15, 0.2) is 17.2 Å². The van der Waals surface area contributed by atoms with Crippen molar-refractivity contribution < 1.29 is 9.59 Å². The first-order chi connectivity index (χ1) is 16.7. The molecule has 1 aliphatic rings. The van der Waals surface area contributed by atoms with Crippen molar-refractivity contribution in [2.24, 2.45) is 0 Å². The highest BCUT2D eigenvalue weighted by atomic mass is 32.1. The fourth-order valence-corrected chi connectivity index (χ4v) is 6.12. The average molecular weight is 483 g/mol.